The molecule has 0 saturated carbocycles. The summed E-state index contributed by atoms with van der Waals surface area (Å²) in [6.07, 6.45) is -0.0500. The van der Waals surface area contributed by atoms with Crippen LogP contribution < -0.4 is 5.32 Å². The number of benzene rings is 2. The number of rotatable bonds is 5. The standard InChI is InChI=1S/C18H14ClN3O3/c19-13-7-5-11(6-8-13)15-10-16(22-21-15)20-17(23)9-12-3-1-2-4-14(12)18(24)25/h1-8,10H,9H2,(H,24,25)(H2,20,21,22,23). The molecular weight excluding hydrogens is 342 g/mol. The van der Waals surface area contributed by atoms with Crippen LogP contribution in [0.3, 0.4) is 0 Å². The van der Waals surface area contributed by atoms with Crippen molar-refractivity contribution in [1.29, 1.82) is 0 Å². The molecule has 0 fully saturated rings. The lowest BCUT2D eigenvalue weighted by atomic mass is 10.0. The monoisotopic (exact) mass is 355 g/mol. The van der Waals surface area contributed by atoms with E-state index in [4.69, 9.17) is 16.7 Å². The summed E-state index contributed by atoms with van der Waals surface area (Å²) in [5, 5.41) is 19.3. The Morgan fingerprint density at radius 1 is 1.12 bits per heavy atom. The smallest absolute Gasteiger partial charge is 0.335 e. The van der Waals surface area contributed by atoms with E-state index in [2.05, 4.69) is 15.5 Å². The van der Waals surface area contributed by atoms with Crippen molar-refractivity contribution in [3.63, 3.8) is 0 Å². The number of carboxylic acid groups (broad SMARTS) is 1. The van der Waals surface area contributed by atoms with Gasteiger partial charge in [-0.2, -0.15) is 5.10 Å². The first-order valence-corrected chi connectivity index (χ1v) is 7.83. The van der Waals surface area contributed by atoms with Gasteiger partial charge in [0, 0.05) is 11.1 Å². The van der Waals surface area contributed by atoms with E-state index in [9.17, 15) is 9.59 Å². The predicted molar refractivity (Wildman–Crippen MR) is 94.8 cm³/mol. The van der Waals surface area contributed by atoms with Gasteiger partial charge in [0.2, 0.25) is 5.91 Å². The first kappa shape index (κ1) is 16.7. The van der Waals surface area contributed by atoms with Gasteiger partial charge in [-0.15, -0.1) is 0 Å². The molecule has 0 radical (unpaired) electrons. The molecule has 3 aromatic rings. The Hall–Kier alpha value is -3.12. The van der Waals surface area contributed by atoms with Crippen molar-refractivity contribution in [2.24, 2.45) is 0 Å². The molecule has 3 rings (SSSR count). The van der Waals surface area contributed by atoms with E-state index in [1.165, 1.54) is 6.07 Å². The van der Waals surface area contributed by atoms with Crippen LogP contribution in [0.15, 0.2) is 54.6 Å². The third-order valence-corrected chi connectivity index (χ3v) is 3.85. The van der Waals surface area contributed by atoms with Gasteiger partial charge in [0.15, 0.2) is 5.82 Å². The Morgan fingerprint density at radius 2 is 1.84 bits per heavy atom. The molecule has 1 amide bonds. The molecule has 0 spiro atoms. The molecule has 2 aromatic carbocycles. The Balaban J connectivity index is 1.70. The quantitative estimate of drug-likeness (QED) is 0.651. The average Bonchev–Trinajstić information content (AvgIpc) is 3.04. The van der Waals surface area contributed by atoms with Crippen molar-refractivity contribution in [3.8, 4) is 11.3 Å². The molecule has 126 valence electrons. The Kier molecular flexibility index (Phi) is 4.81. The lowest BCUT2D eigenvalue weighted by Crippen LogP contribution is -2.16. The van der Waals surface area contributed by atoms with Gasteiger partial charge >= 0.3 is 5.97 Å². The number of nitrogens with zero attached hydrogens (tertiary/aromatic N) is 1. The number of aromatic carboxylic acids is 1. The molecule has 1 heterocycles. The number of H-pyrrole nitrogens is 1. The molecule has 1 aromatic heterocycles. The van der Waals surface area contributed by atoms with Crippen LogP contribution >= 0.6 is 11.6 Å². The van der Waals surface area contributed by atoms with Gasteiger partial charge in [-0.1, -0.05) is 41.9 Å². The largest absolute Gasteiger partial charge is 0.478 e. The number of aromatic nitrogens is 2. The van der Waals surface area contributed by atoms with E-state index in [1.807, 2.05) is 12.1 Å². The summed E-state index contributed by atoms with van der Waals surface area (Å²) in [7, 11) is 0. The highest BCUT2D eigenvalue weighted by molar-refractivity contribution is 6.30. The summed E-state index contributed by atoms with van der Waals surface area (Å²) in [6, 6.07) is 15.3. The molecule has 0 aliphatic rings. The van der Waals surface area contributed by atoms with E-state index in [0.29, 0.717) is 16.4 Å². The third-order valence-electron chi connectivity index (χ3n) is 3.60. The molecule has 0 aliphatic heterocycles. The van der Waals surface area contributed by atoms with Gasteiger partial charge in [0.25, 0.3) is 0 Å². The summed E-state index contributed by atoms with van der Waals surface area (Å²) in [4.78, 5) is 23.4. The highest BCUT2D eigenvalue weighted by atomic mass is 35.5. The van der Waals surface area contributed by atoms with Gasteiger partial charge in [0.1, 0.15) is 0 Å². The SMILES string of the molecule is O=C(Cc1ccccc1C(=O)O)Nc1cc(-c2ccc(Cl)cc2)[nH]n1. The number of aromatic amines is 1. The van der Waals surface area contributed by atoms with Crippen molar-refractivity contribution in [1.82, 2.24) is 10.2 Å². The first-order chi connectivity index (χ1) is 12.0. The second-order valence-electron chi connectivity index (χ2n) is 5.36. The highest BCUT2D eigenvalue weighted by Crippen LogP contribution is 2.22. The van der Waals surface area contributed by atoms with E-state index in [-0.39, 0.29) is 17.9 Å². The van der Waals surface area contributed by atoms with Crippen molar-refractivity contribution >= 4 is 29.3 Å². The van der Waals surface area contributed by atoms with Crippen LogP contribution in [0.2, 0.25) is 5.02 Å². The van der Waals surface area contributed by atoms with Crippen LogP contribution in [0.1, 0.15) is 15.9 Å². The van der Waals surface area contributed by atoms with Gasteiger partial charge < -0.3 is 10.4 Å². The maximum absolute atomic E-state index is 12.2. The maximum Gasteiger partial charge on any atom is 0.335 e. The normalized spacial score (nSPS) is 10.4. The maximum atomic E-state index is 12.2. The van der Waals surface area contributed by atoms with Crippen LogP contribution in [0, 0.1) is 0 Å². The minimum atomic E-state index is -1.06. The van der Waals surface area contributed by atoms with Gasteiger partial charge in [0.05, 0.1) is 17.7 Å². The van der Waals surface area contributed by atoms with E-state index >= 15 is 0 Å². The molecule has 25 heavy (non-hydrogen) atoms. The third kappa shape index (κ3) is 4.05. The molecule has 6 nitrogen and oxygen atoms in total. The molecule has 0 unspecified atom stereocenters. The molecule has 7 heteroatoms. The fourth-order valence-electron chi connectivity index (χ4n) is 2.41. The molecule has 0 bridgehead atoms. The Morgan fingerprint density at radius 3 is 2.56 bits per heavy atom. The Bertz CT molecular complexity index is 919. The molecule has 0 saturated heterocycles. The number of carbonyl (C=O) groups excluding carboxylic acids is 1. The zero-order chi connectivity index (χ0) is 17.8. The van der Waals surface area contributed by atoms with Gasteiger partial charge in [-0.05, 0) is 29.3 Å². The number of carbonyl (C=O) groups is 2. The van der Waals surface area contributed by atoms with Crippen LogP contribution in [-0.2, 0) is 11.2 Å². The van der Waals surface area contributed by atoms with Crippen molar-refractivity contribution < 1.29 is 14.7 Å². The van der Waals surface area contributed by atoms with Crippen LogP contribution in [-0.4, -0.2) is 27.2 Å². The summed E-state index contributed by atoms with van der Waals surface area (Å²) < 4.78 is 0. The number of hydrogen-bond acceptors (Lipinski definition) is 3. The Labute approximate surface area is 148 Å². The molecular formula is C18H14ClN3O3. The van der Waals surface area contributed by atoms with E-state index in [1.54, 1.807) is 36.4 Å². The zero-order valence-electron chi connectivity index (χ0n) is 13.0. The van der Waals surface area contributed by atoms with E-state index in [0.717, 1.165) is 11.3 Å². The summed E-state index contributed by atoms with van der Waals surface area (Å²) in [6.45, 7) is 0. The number of anilines is 1. The fraction of sp³-hybridized carbons (Fsp3) is 0.0556. The van der Waals surface area contributed by atoms with Gasteiger partial charge in [-0.25, -0.2) is 4.79 Å². The second-order valence-corrected chi connectivity index (χ2v) is 5.80. The minimum absolute atomic E-state index is 0.0500. The van der Waals surface area contributed by atoms with Crippen LogP contribution in [0.5, 0.6) is 0 Å². The van der Waals surface area contributed by atoms with Crippen molar-refractivity contribution in [3.05, 3.63) is 70.7 Å². The number of amides is 1. The number of carboxylic acids is 1. The molecule has 3 N–H and O–H groups in total. The number of halogens is 1. The lowest BCUT2D eigenvalue weighted by Gasteiger charge is -2.05. The van der Waals surface area contributed by atoms with E-state index < -0.39 is 5.97 Å². The predicted octanol–water partition coefficient (Wildman–Crippen LogP) is 3.61. The average molecular weight is 356 g/mol. The van der Waals surface area contributed by atoms with Crippen LogP contribution in [0.25, 0.3) is 11.3 Å². The summed E-state index contributed by atoms with van der Waals surface area (Å²) in [5.74, 6) is -1.04. The molecule has 0 aliphatic carbocycles. The van der Waals surface area contributed by atoms with Crippen molar-refractivity contribution in [2.45, 2.75) is 6.42 Å². The van der Waals surface area contributed by atoms with Crippen LogP contribution in [0.4, 0.5) is 5.82 Å². The first-order valence-electron chi connectivity index (χ1n) is 7.45. The fourth-order valence-corrected chi connectivity index (χ4v) is 2.53. The second kappa shape index (κ2) is 7.19. The summed E-state index contributed by atoms with van der Waals surface area (Å²) >= 11 is 5.86. The topological polar surface area (TPSA) is 95.1 Å². The van der Waals surface area contributed by atoms with Gasteiger partial charge in [-0.3, -0.25) is 9.89 Å². The number of nitrogens with one attached hydrogen (secondary N) is 2. The highest BCUT2D eigenvalue weighted by Gasteiger charge is 2.13. The molecule has 0 atom stereocenters. The zero-order valence-corrected chi connectivity index (χ0v) is 13.7. The minimum Gasteiger partial charge on any atom is -0.478 e. The number of hydrogen-bond donors (Lipinski definition) is 3. The lowest BCUT2D eigenvalue weighted by molar-refractivity contribution is -0.115. The van der Waals surface area contributed by atoms with Crippen molar-refractivity contribution in [2.75, 3.05) is 5.32 Å². The summed E-state index contributed by atoms with van der Waals surface area (Å²) in [5.41, 5.74) is 2.18.